The lowest BCUT2D eigenvalue weighted by Crippen LogP contribution is -2.50. The quantitative estimate of drug-likeness (QED) is 0.730. The number of carbonyl (C=O) groups is 1. The van der Waals surface area contributed by atoms with Crippen LogP contribution in [0.5, 0.6) is 0 Å². The second-order valence-corrected chi connectivity index (χ2v) is 6.77. The van der Waals surface area contributed by atoms with Crippen LogP contribution in [0, 0.1) is 0 Å². The Hall–Kier alpha value is -3.35. The number of amides is 2. The average molecular weight is 376 g/mol. The van der Waals surface area contributed by atoms with Gasteiger partial charge in [-0.25, -0.2) is 4.79 Å². The van der Waals surface area contributed by atoms with Gasteiger partial charge in [0.15, 0.2) is 5.82 Å². The molecule has 1 fully saturated rings. The number of hydrogen-bond acceptors (Lipinski definition) is 5. The number of urea groups is 1. The van der Waals surface area contributed by atoms with Crippen LogP contribution in [0.25, 0.3) is 10.8 Å². The van der Waals surface area contributed by atoms with Crippen LogP contribution in [0.4, 0.5) is 22.1 Å². The molecule has 2 aromatic carbocycles. The van der Waals surface area contributed by atoms with Gasteiger partial charge in [0.25, 0.3) is 0 Å². The van der Waals surface area contributed by atoms with Crippen LogP contribution < -0.4 is 15.5 Å². The fraction of sp³-hybridized carbons (Fsp3) is 0.286. The van der Waals surface area contributed by atoms with E-state index >= 15 is 0 Å². The molecule has 1 aliphatic heterocycles. The van der Waals surface area contributed by atoms with Crippen molar-refractivity contribution in [2.45, 2.75) is 6.92 Å². The summed E-state index contributed by atoms with van der Waals surface area (Å²) in [5.74, 6) is 1.62. The first-order valence-electron chi connectivity index (χ1n) is 9.60. The number of anilines is 3. The van der Waals surface area contributed by atoms with Crippen molar-refractivity contribution in [3.63, 3.8) is 0 Å². The number of nitrogens with zero attached hydrogens (tertiary/aromatic N) is 4. The number of hydrogen-bond donors (Lipinski definition) is 2. The van der Waals surface area contributed by atoms with Gasteiger partial charge in [0.2, 0.25) is 0 Å². The van der Waals surface area contributed by atoms with Gasteiger partial charge >= 0.3 is 6.03 Å². The van der Waals surface area contributed by atoms with Crippen molar-refractivity contribution in [2.75, 3.05) is 48.3 Å². The molecule has 0 radical (unpaired) electrons. The molecule has 0 spiro atoms. The maximum Gasteiger partial charge on any atom is 0.321 e. The zero-order chi connectivity index (χ0) is 19.3. The predicted octanol–water partition coefficient (Wildman–Crippen LogP) is 3.42. The number of piperazine rings is 1. The normalized spacial score (nSPS) is 14.2. The summed E-state index contributed by atoms with van der Waals surface area (Å²) in [4.78, 5) is 16.6. The highest BCUT2D eigenvalue weighted by molar-refractivity contribution is 5.93. The van der Waals surface area contributed by atoms with E-state index in [2.05, 4.69) is 31.8 Å². The number of aromatic nitrogens is 2. The third kappa shape index (κ3) is 3.98. The number of nitrogens with one attached hydrogen (secondary N) is 2. The third-order valence-corrected chi connectivity index (χ3v) is 4.90. The molecule has 3 aromatic rings. The predicted molar refractivity (Wildman–Crippen MR) is 113 cm³/mol. The molecule has 2 amide bonds. The summed E-state index contributed by atoms with van der Waals surface area (Å²) >= 11 is 0. The highest BCUT2D eigenvalue weighted by atomic mass is 16.2. The zero-order valence-electron chi connectivity index (χ0n) is 15.9. The molecule has 2 N–H and O–H groups in total. The molecule has 144 valence electrons. The van der Waals surface area contributed by atoms with Gasteiger partial charge < -0.3 is 20.4 Å². The molecule has 7 heteroatoms. The minimum absolute atomic E-state index is 0.0662. The standard InChI is InChI=1S/C21H24N6O/c1-2-22-19-9-10-20(25-24-19)26-11-13-27(14-12-26)21(28)23-18-8-7-16-5-3-4-6-17(16)15-18/h3-10,15H,2,11-14H2,1H3,(H,22,24)(H,23,28). The summed E-state index contributed by atoms with van der Waals surface area (Å²) in [5, 5.41) is 16.9. The van der Waals surface area contributed by atoms with E-state index < -0.39 is 0 Å². The molecule has 0 bridgehead atoms. The Morgan fingerprint density at radius 3 is 2.46 bits per heavy atom. The van der Waals surface area contributed by atoms with Crippen LogP contribution in [-0.4, -0.2) is 53.9 Å². The Balaban J connectivity index is 1.34. The van der Waals surface area contributed by atoms with Gasteiger partial charge in [0, 0.05) is 38.4 Å². The smallest absolute Gasteiger partial charge is 0.321 e. The maximum absolute atomic E-state index is 12.6. The van der Waals surface area contributed by atoms with Crippen LogP contribution in [0.15, 0.2) is 54.6 Å². The van der Waals surface area contributed by atoms with Gasteiger partial charge in [-0.2, -0.15) is 0 Å². The molecule has 2 heterocycles. The summed E-state index contributed by atoms with van der Waals surface area (Å²) in [6.45, 7) is 5.61. The lowest BCUT2D eigenvalue weighted by Gasteiger charge is -2.35. The first-order valence-corrected chi connectivity index (χ1v) is 9.60. The van der Waals surface area contributed by atoms with Crippen LogP contribution in [0.2, 0.25) is 0 Å². The van der Waals surface area contributed by atoms with Crippen molar-refractivity contribution in [3.05, 3.63) is 54.6 Å². The van der Waals surface area contributed by atoms with Crippen molar-refractivity contribution < 1.29 is 4.79 Å². The summed E-state index contributed by atoms with van der Waals surface area (Å²) in [6.07, 6.45) is 0. The number of rotatable bonds is 4. The van der Waals surface area contributed by atoms with E-state index in [9.17, 15) is 4.79 Å². The van der Waals surface area contributed by atoms with Crippen molar-refractivity contribution in [2.24, 2.45) is 0 Å². The molecule has 1 aromatic heterocycles. The highest BCUT2D eigenvalue weighted by Gasteiger charge is 2.22. The summed E-state index contributed by atoms with van der Waals surface area (Å²) < 4.78 is 0. The van der Waals surface area contributed by atoms with E-state index in [0.29, 0.717) is 13.1 Å². The monoisotopic (exact) mass is 376 g/mol. The fourth-order valence-corrected chi connectivity index (χ4v) is 3.38. The molecular weight excluding hydrogens is 352 g/mol. The summed E-state index contributed by atoms with van der Waals surface area (Å²) in [6, 6.07) is 17.9. The van der Waals surface area contributed by atoms with Crippen molar-refractivity contribution in [1.29, 1.82) is 0 Å². The molecule has 4 rings (SSSR count). The van der Waals surface area contributed by atoms with E-state index in [4.69, 9.17) is 0 Å². The van der Waals surface area contributed by atoms with E-state index in [1.54, 1.807) is 0 Å². The van der Waals surface area contributed by atoms with Gasteiger partial charge in [-0.1, -0.05) is 30.3 Å². The van der Waals surface area contributed by atoms with E-state index in [1.165, 1.54) is 0 Å². The summed E-state index contributed by atoms with van der Waals surface area (Å²) in [5.41, 5.74) is 0.816. The van der Waals surface area contributed by atoms with Crippen LogP contribution in [0.1, 0.15) is 6.92 Å². The largest absolute Gasteiger partial charge is 0.369 e. The molecule has 0 aliphatic carbocycles. The Bertz CT molecular complexity index is 951. The number of fused-ring (bicyclic) bond motifs is 1. The lowest BCUT2D eigenvalue weighted by molar-refractivity contribution is 0.208. The number of benzene rings is 2. The van der Waals surface area contributed by atoms with Crippen LogP contribution >= 0.6 is 0 Å². The van der Waals surface area contributed by atoms with Crippen LogP contribution in [0.3, 0.4) is 0 Å². The fourth-order valence-electron chi connectivity index (χ4n) is 3.38. The number of carbonyl (C=O) groups excluding carboxylic acids is 1. The Morgan fingerprint density at radius 2 is 1.75 bits per heavy atom. The minimum Gasteiger partial charge on any atom is -0.369 e. The van der Waals surface area contributed by atoms with Gasteiger partial charge in [-0.3, -0.25) is 0 Å². The molecule has 7 nitrogen and oxygen atoms in total. The van der Waals surface area contributed by atoms with Crippen molar-refractivity contribution in [1.82, 2.24) is 15.1 Å². The SMILES string of the molecule is CCNc1ccc(N2CCN(C(=O)Nc3ccc4ccccc4c3)CC2)nn1. The first kappa shape index (κ1) is 18.0. The zero-order valence-corrected chi connectivity index (χ0v) is 15.9. The minimum atomic E-state index is -0.0662. The topological polar surface area (TPSA) is 73.4 Å². The van der Waals surface area contributed by atoms with Crippen LogP contribution in [-0.2, 0) is 0 Å². The third-order valence-electron chi connectivity index (χ3n) is 4.90. The van der Waals surface area contributed by atoms with E-state index in [1.807, 2.05) is 60.4 Å². The molecular formula is C21H24N6O. The second kappa shape index (κ2) is 8.12. The van der Waals surface area contributed by atoms with Gasteiger partial charge in [-0.15, -0.1) is 10.2 Å². The molecule has 0 saturated carbocycles. The van der Waals surface area contributed by atoms with Gasteiger partial charge in [-0.05, 0) is 42.0 Å². The molecule has 0 atom stereocenters. The molecule has 28 heavy (non-hydrogen) atoms. The van der Waals surface area contributed by atoms with Crippen molar-refractivity contribution >= 4 is 34.1 Å². The van der Waals surface area contributed by atoms with Gasteiger partial charge in [0.05, 0.1) is 0 Å². The van der Waals surface area contributed by atoms with E-state index in [-0.39, 0.29) is 6.03 Å². The molecule has 0 unspecified atom stereocenters. The van der Waals surface area contributed by atoms with E-state index in [0.717, 1.165) is 47.7 Å². The summed E-state index contributed by atoms with van der Waals surface area (Å²) in [7, 11) is 0. The molecule has 1 saturated heterocycles. The maximum atomic E-state index is 12.6. The average Bonchev–Trinajstić information content (AvgIpc) is 2.74. The van der Waals surface area contributed by atoms with Gasteiger partial charge in [0.1, 0.15) is 5.82 Å². The first-order chi connectivity index (χ1) is 13.7. The lowest BCUT2D eigenvalue weighted by atomic mass is 10.1. The molecule has 1 aliphatic rings. The highest BCUT2D eigenvalue weighted by Crippen LogP contribution is 2.20. The Labute approximate surface area is 164 Å². The van der Waals surface area contributed by atoms with Crippen molar-refractivity contribution in [3.8, 4) is 0 Å². The Kier molecular flexibility index (Phi) is 5.23. The second-order valence-electron chi connectivity index (χ2n) is 6.77. The Morgan fingerprint density at radius 1 is 0.964 bits per heavy atom.